The summed E-state index contributed by atoms with van der Waals surface area (Å²) in [5.41, 5.74) is 0.378. The number of amides is 1. The maximum absolute atomic E-state index is 13.2. The summed E-state index contributed by atoms with van der Waals surface area (Å²) in [4.78, 5) is 25.1. The van der Waals surface area contributed by atoms with Crippen molar-refractivity contribution in [1.29, 1.82) is 0 Å². The van der Waals surface area contributed by atoms with Gasteiger partial charge in [0.15, 0.2) is 0 Å². The molecule has 2 aliphatic carbocycles. The third-order valence-corrected chi connectivity index (χ3v) is 5.13. The highest BCUT2D eigenvalue weighted by atomic mass is 19.1. The molecule has 1 atom stereocenters. The molecule has 7 heteroatoms. The molecular weight excluding hydrogens is 339 g/mol. The fourth-order valence-electron chi connectivity index (χ4n) is 3.45. The molecule has 2 fully saturated rings. The summed E-state index contributed by atoms with van der Waals surface area (Å²) < 4.78 is 13.2. The monoisotopic (exact) mass is 364 g/mol. The first-order valence-electron chi connectivity index (χ1n) is 9.09. The van der Waals surface area contributed by atoms with Gasteiger partial charge in [0, 0.05) is 18.6 Å². The van der Waals surface area contributed by atoms with Crippen LogP contribution in [0.15, 0.2) is 24.3 Å². The van der Waals surface area contributed by atoms with Crippen molar-refractivity contribution < 1.29 is 24.2 Å². The molecule has 142 valence electrons. The standard InChI is InChI=1S/C19H25FN2O4/c20-14-3-1-2-13(6-14)17(23)9-18(24)21-15-7-16(8-15)22(11-19(25)26)10-12-4-5-12/h1-3,6,12,15-17,23H,4-5,7-11H2,(H,21,24)(H,25,26). The maximum Gasteiger partial charge on any atom is 0.317 e. The maximum atomic E-state index is 13.2. The summed E-state index contributed by atoms with van der Waals surface area (Å²) in [6.07, 6.45) is 2.62. The van der Waals surface area contributed by atoms with Gasteiger partial charge in [0.05, 0.1) is 19.1 Å². The van der Waals surface area contributed by atoms with Crippen LogP contribution in [0.2, 0.25) is 0 Å². The lowest BCUT2D eigenvalue weighted by Gasteiger charge is -2.42. The summed E-state index contributed by atoms with van der Waals surface area (Å²) in [5.74, 6) is -0.934. The molecule has 0 spiro atoms. The first-order chi connectivity index (χ1) is 12.4. The number of halogens is 1. The molecule has 6 nitrogen and oxygen atoms in total. The van der Waals surface area contributed by atoms with E-state index < -0.39 is 17.9 Å². The molecule has 1 unspecified atom stereocenters. The van der Waals surface area contributed by atoms with Crippen LogP contribution < -0.4 is 5.32 Å². The largest absolute Gasteiger partial charge is 0.480 e. The number of rotatable bonds is 9. The summed E-state index contributed by atoms with van der Waals surface area (Å²) in [5, 5.41) is 22.0. The Morgan fingerprint density at radius 3 is 2.65 bits per heavy atom. The lowest BCUT2D eigenvalue weighted by Crippen LogP contribution is -2.55. The summed E-state index contributed by atoms with van der Waals surface area (Å²) in [6.45, 7) is 0.857. The molecule has 3 rings (SSSR count). The number of aliphatic carboxylic acids is 1. The first-order valence-corrected chi connectivity index (χ1v) is 9.09. The average molecular weight is 364 g/mol. The Bertz CT molecular complexity index is 659. The zero-order valence-electron chi connectivity index (χ0n) is 14.6. The number of nitrogens with zero attached hydrogens (tertiary/aromatic N) is 1. The predicted molar refractivity (Wildman–Crippen MR) is 92.9 cm³/mol. The number of hydrogen-bond acceptors (Lipinski definition) is 4. The summed E-state index contributed by atoms with van der Waals surface area (Å²) in [6, 6.07) is 5.78. The molecule has 26 heavy (non-hydrogen) atoms. The van der Waals surface area contributed by atoms with Crippen LogP contribution in [0.5, 0.6) is 0 Å². The molecule has 1 aromatic rings. The molecule has 1 aromatic carbocycles. The topological polar surface area (TPSA) is 89.9 Å². The molecule has 0 aromatic heterocycles. The van der Waals surface area contributed by atoms with Gasteiger partial charge in [-0.2, -0.15) is 0 Å². The third kappa shape index (κ3) is 5.25. The molecule has 1 amide bonds. The van der Waals surface area contributed by atoms with Crippen LogP contribution in [0.4, 0.5) is 4.39 Å². The number of hydrogen-bond donors (Lipinski definition) is 3. The Kier molecular flexibility index (Phi) is 5.88. The van der Waals surface area contributed by atoms with Gasteiger partial charge in [-0.1, -0.05) is 12.1 Å². The van der Waals surface area contributed by atoms with Crippen LogP contribution in [-0.2, 0) is 9.59 Å². The minimum Gasteiger partial charge on any atom is -0.480 e. The molecule has 0 aliphatic heterocycles. The molecule has 0 radical (unpaired) electrons. The van der Waals surface area contributed by atoms with Gasteiger partial charge < -0.3 is 15.5 Å². The van der Waals surface area contributed by atoms with E-state index in [4.69, 9.17) is 5.11 Å². The van der Waals surface area contributed by atoms with E-state index in [9.17, 15) is 19.1 Å². The van der Waals surface area contributed by atoms with Crippen molar-refractivity contribution in [2.45, 2.75) is 50.3 Å². The van der Waals surface area contributed by atoms with E-state index in [1.165, 1.54) is 31.0 Å². The SMILES string of the molecule is O=C(O)CN(CC1CC1)C1CC(NC(=O)CC(O)c2cccc(F)c2)C1. The van der Waals surface area contributed by atoms with Crippen LogP contribution in [-0.4, -0.2) is 52.2 Å². The smallest absolute Gasteiger partial charge is 0.317 e. The van der Waals surface area contributed by atoms with Gasteiger partial charge >= 0.3 is 5.97 Å². The number of nitrogens with one attached hydrogen (secondary N) is 1. The van der Waals surface area contributed by atoms with Gasteiger partial charge in [-0.25, -0.2) is 4.39 Å². The van der Waals surface area contributed by atoms with Crippen molar-refractivity contribution in [1.82, 2.24) is 10.2 Å². The predicted octanol–water partition coefficient (Wildman–Crippen LogP) is 1.69. The highest BCUT2D eigenvalue weighted by Gasteiger charge is 2.37. The lowest BCUT2D eigenvalue weighted by atomic mass is 9.85. The van der Waals surface area contributed by atoms with Crippen LogP contribution in [0, 0.1) is 11.7 Å². The van der Waals surface area contributed by atoms with E-state index in [1.807, 2.05) is 4.90 Å². The number of carbonyl (C=O) groups is 2. The zero-order valence-corrected chi connectivity index (χ0v) is 14.6. The van der Waals surface area contributed by atoms with Crippen molar-refractivity contribution in [2.24, 2.45) is 5.92 Å². The molecule has 0 heterocycles. The molecule has 0 bridgehead atoms. The number of benzene rings is 1. The van der Waals surface area contributed by atoms with Crippen LogP contribution in [0.1, 0.15) is 43.8 Å². The van der Waals surface area contributed by atoms with Crippen LogP contribution in [0.25, 0.3) is 0 Å². The van der Waals surface area contributed by atoms with Gasteiger partial charge in [0.25, 0.3) is 0 Å². The van der Waals surface area contributed by atoms with Crippen LogP contribution >= 0.6 is 0 Å². The van der Waals surface area contributed by atoms with Crippen LogP contribution in [0.3, 0.4) is 0 Å². The van der Waals surface area contributed by atoms with Gasteiger partial charge in [-0.15, -0.1) is 0 Å². The van der Waals surface area contributed by atoms with Gasteiger partial charge in [-0.3, -0.25) is 14.5 Å². The third-order valence-electron chi connectivity index (χ3n) is 5.13. The lowest BCUT2D eigenvalue weighted by molar-refractivity contribution is -0.140. The Morgan fingerprint density at radius 2 is 2.04 bits per heavy atom. The molecule has 2 aliphatic rings. The van der Waals surface area contributed by atoms with E-state index >= 15 is 0 Å². The minimum atomic E-state index is -1.04. The van der Waals surface area contributed by atoms with Crippen molar-refractivity contribution in [3.63, 3.8) is 0 Å². The van der Waals surface area contributed by atoms with E-state index in [0.717, 1.165) is 19.4 Å². The highest BCUT2D eigenvalue weighted by Crippen LogP contribution is 2.33. The van der Waals surface area contributed by atoms with Gasteiger partial charge in [0.2, 0.25) is 5.91 Å². The fourth-order valence-corrected chi connectivity index (χ4v) is 3.45. The molecule has 3 N–H and O–H groups in total. The second-order valence-corrected chi connectivity index (χ2v) is 7.43. The average Bonchev–Trinajstić information content (AvgIpc) is 3.33. The quantitative estimate of drug-likeness (QED) is 0.620. The molecule has 2 saturated carbocycles. The Balaban J connectivity index is 1.42. The van der Waals surface area contributed by atoms with E-state index in [-0.39, 0.29) is 31.0 Å². The highest BCUT2D eigenvalue weighted by molar-refractivity contribution is 5.77. The summed E-state index contributed by atoms with van der Waals surface area (Å²) >= 11 is 0. The van der Waals surface area contributed by atoms with Gasteiger partial charge in [-0.05, 0) is 49.3 Å². The number of aliphatic hydroxyl groups is 1. The van der Waals surface area contributed by atoms with Crippen molar-refractivity contribution >= 4 is 11.9 Å². The fraction of sp³-hybridized carbons (Fsp3) is 0.579. The second-order valence-electron chi connectivity index (χ2n) is 7.43. The number of carbonyl (C=O) groups excluding carboxylic acids is 1. The van der Waals surface area contributed by atoms with E-state index in [2.05, 4.69) is 5.32 Å². The van der Waals surface area contributed by atoms with E-state index in [0.29, 0.717) is 11.5 Å². The van der Waals surface area contributed by atoms with Crippen molar-refractivity contribution in [3.05, 3.63) is 35.6 Å². The number of carboxylic acid groups (broad SMARTS) is 1. The zero-order chi connectivity index (χ0) is 18.7. The normalized spacial score (nSPS) is 23.3. The van der Waals surface area contributed by atoms with Crippen molar-refractivity contribution in [3.8, 4) is 0 Å². The Hall–Kier alpha value is -1.99. The number of carboxylic acids is 1. The molecular formula is C19H25FN2O4. The Morgan fingerprint density at radius 1 is 1.31 bits per heavy atom. The van der Waals surface area contributed by atoms with Gasteiger partial charge in [0.1, 0.15) is 5.82 Å². The first kappa shape index (κ1) is 18.8. The second kappa shape index (κ2) is 8.14. The number of aliphatic hydroxyl groups excluding tert-OH is 1. The van der Waals surface area contributed by atoms with E-state index in [1.54, 1.807) is 6.07 Å². The minimum absolute atomic E-state index is 0.00251. The van der Waals surface area contributed by atoms with Crippen molar-refractivity contribution in [2.75, 3.05) is 13.1 Å². The summed E-state index contributed by atoms with van der Waals surface area (Å²) in [7, 11) is 0. The molecule has 0 saturated heterocycles. The Labute approximate surface area is 152 Å².